The van der Waals surface area contributed by atoms with Crippen LogP contribution in [-0.4, -0.2) is 48.5 Å². The van der Waals surface area contributed by atoms with Crippen molar-refractivity contribution in [2.24, 2.45) is 5.10 Å². The number of rotatable bonds is 5. The number of carbonyl (C=O) groups excluding carboxylic acids is 1. The molecule has 25 heavy (non-hydrogen) atoms. The summed E-state index contributed by atoms with van der Waals surface area (Å²) in [5.74, 6) is -1.51. The number of anilines is 1. The van der Waals surface area contributed by atoms with Crippen molar-refractivity contribution in [2.75, 3.05) is 5.73 Å². The van der Waals surface area contributed by atoms with Crippen LogP contribution in [0.3, 0.4) is 0 Å². The number of hydrazone groups is 1. The number of carboxylic acids is 1. The largest absolute Gasteiger partial charge is 0.477 e. The third-order valence-electron chi connectivity index (χ3n) is 3.00. The molecule has 3 heterocycles. The van der Waals surface area contributed by atoms with Gasteiger partial charge in [0.15, 0.2) is 5.69 Å². The van der Waals surface area contributed by atoms with Crippen molar-refractivity contribution < 1.29 is 19.3 Å². The van der Waals surface area contributed by atoms with E-state index in [1.165, 1.54) is 17.0 Å². The molecular weight excluding hydrogens is 352 g/mol. The van der Waals surface area contributed by atoms with Gasteiger partial charge < -0.3 is 10.8 Å². The molecule has 0 saturated carbocycles. The summed E-state index contributed by atoms with van der Waals surface area (Å²) >= 11 is 1.02. The van der Waals surface area contributed by atoms with Gasteiger partial charge in [-0.3, -0.25) is 4.79 Å². The molecule has 0 atom stereocenters. The van der Waals surface area contributed by atoms with Crippen molar-refractivity contribution in [1.29, 1.82) is 0 Å². The van der Waals surface area contributed by atoms with E-state index < -0.39 is 11.9 Å². The van der Waals surface area contributed by atoms with Gasteiger partial charge in [0, 0.05) is 4.88 Å². The van der Waals surface area contributed by atoms with Gasteiger partial charge in [-0.25, -0.2) is 14.8 Å². The van der Waals surface area contributed by atoms with Crippen molar-refractivity contribution in [1.82, 2.24) is 30.7 Å². The predicted octanol–water partition coefficient (Wildman–Crippen LogP) is 0.0645. The van der Waals surface area contributed by atoms with Crippen molar-refractivity contribution in [2.45, 2.75) is 6.92 Å². The third-order valence-corrected chi connectivity index (χ3v) is 4.01. The lowest BCUT2D eigenvalue weighted by atomic mass is 10.3. The Morgan fingerprint density at radius 3 is 2.88 bits per heavy atom. The van der Waals surface area contributed by atoms with Gasteiger partial charge in [-0.15, -0.1) is 16.4 Å². The van der Waals surface area contributed by atoms with Gasteiger partial charge >= 0.3 is 5.97 Å². The first-order chi connectivity index (χ1) is 12.0. The molecule has 0 aliphatic rings. The number of aromatic nitrogens is 5. The summed E-state index contributed by atoms with van der Waals surface area (Å²) in [6.45, 7) is 1.59. The second-order valence-corrected chi connectivity index (χ2v) is 5.73. The van der Waals surface area contributed by atoms with Crippen LogP contribution in [0.2, 0.25) is 0 Å². The zero-order valence-corrected chi connectivity index (χ0v) is 13.4. The van der Waals surface area contributed by atoms with Crippen molar-refractivity contribution >= 4 is 35.2 Å². The number of amides is 1. The quantitative estimate of drug-likeness (QED) is 0.418. The predicted molar refractivity (Wildman–Crippen MR) is 84.7 cm³/mol. The monoisotopic (exact) mass is 362 g/mol. The summed E-state index contributed by atoms with van der Waals surface area (Å²) in [6.07, 6.45) is 1.33. The van der Waals surface area contributed by atoms with Crippen molar-refractivity contribution in [3.05, 3.63) is 33.3 Å². The SMILES string of the molecule is Cc1c(C(=O)N/N=C/c2ccc(C(=O)O)s2)nnn1-c1nonc1N. The Bertz CT molecular complexity index is 972. The number of hydrogen-bond acceptors (Lipinski definition) is 10. The summed E-state index contributed by atoms with van der Waals surface area (Å²) < 4.78 is 5.69. The van der Waals surface area contributed by atoms with Crippen molar-refractivity contribution in [3.8, 4) is 5.82 Å². The van der Waals surface area contributed by atoms with Gasteiger partial charge in [-0.2, -0.15) is 9.78 Å². The lowest BCUT2D eigenvalue weighted by Crippen LogP contribution is -2.19. The van der Waals surface area contributed by atoms with Crippen LogP contribution in [0, 0.1) is 6.92 Å². The number of nitrogens with zero attached hydrogens (tertiary/aromatic N) is 6. The minimum atomic E-state index is -1.03. The van der Waals surface area contributed by atoms with Crippen LogP contribution in [0.4, 0.5) is 5.82 Å². The fourth-order valence-electron chi connectivity index (χ4n) is 1.82. The van der Waals surface area contributed by atoms with Gasteiger partial charge in [-0.05, 0) is 29.4 Å². The van der Waals surface area contributed by atoms with Gasteiger partial charge in [-0.1, -0.05) is 5.21 Å². The van der Waals surface area contributed by atoms with Gasteiger partial charge in [0.1, 0.15) is 4.88 Å². The summed E-state index contributed by atoms with van der Waals surface area (Å²) in [4.78, 5) is 23.7. The Morgan fingerprint density at radius 1 is 1.44 bits per heavy atom. The Balaban J connectivity index is 1.71. The maximum atomic E-state index is 12.1. The number of carboxylic acid groups (broad SMARTS) is 1. The normalized spacial score (nSPS) is 11.1. The number of carbonyl (C=O) groups is 2. The first-order valence-corrected chi connectivity index (χ1v) is 7.46. The Kier molecular flexibility index (Phi) is 4.21. The van der Waals surface area contributed by atoms with E-state index in [-0.39, 0.29) is 22.2 Å². The molecule has 0 spiro atoms. The number of nitrogens with one attached hydrogen (secondary N) is 1. The first kappa shape index (κ1) is 16.3. The zero-order chi connectivity index (χ0) is 18.0. The van der Waals surface area contributed by atoms with Crippen molar-refractivity contribution in [3.63, 3.8) is 0 Å². The van der Waals surface area contributed by atoms with E-state index in [2.05, 4.69) is 35.8 Å². The number of hydrogen-bond donors (Lipinski definition) is 3. The molecule has 13 heteroatoms. The fraction of sp³-hybridized carbons (Fsp3) is 0.0833. The highest BCUT2D eigenvalue weighted by atomic mass is 32.1. The lowest BCUT2D eigenvalue weighted by Gasteiger charge is -1.98. The lowest BCUT2D eigenvalue weighted by molar-refractivity contribution is 0.0702. The van der Waals surface area contributed by atoms with E-state index in [9.17, 15) is 9.59 Å². The molecule has 1 amide bonds. The van der Waals surface area contributed by atoms with E-state index in [1.807, 2.05) is 0 Å². The average Bonchev–Trinajstić information content (AvgIpc) is 3.27. The van der Waals surface area contributed by atoms with Crippen LogP contribution in [0.25, 0.3) is 5.82 Å². The maximum absolute atomic E-state index is 12.1. The standard InChI is InChI=1S/C12H10N8O4S/c1-5-8(15-19-20(5)10-9(13)17-24-18-10)11(21)16-14-4-6-2-3-7(25-6)12(22)23/h2-4H,1H3,(H2,13,17)(H,16,21)(H,22,23)/b14-4+. The molecule has 0 aliphatic carbocycles. The third kappa shape index (κ3) is 3.20. The molecule has 0 radical (unpaired) electrons. The molecule has 0 bridgehead atoms. The highest BCUT2D eigenvalue weighted by molar-refractivity contribution is 7.15. The molecule has 12 nitrogen and oxygen atoms in total. The zero-order valence-electron chi connectivity index (χ0n) is 12.6. The summed E-state index contributed by atoms with van der Waals surface area (Å²) in [7, 11) is 0. The van der Waals surface area contributed by atoms with Crippen LogP contribution < -0.4 is 11.2 Å². The molecule has 0 saturated heterocycles. The molecule has 3 aromatic heterocycles. The van der Waals surface area contributed by atoms with Crippen LogP contribution in [-0.2, 0) is 0 Å². The van der Waals surface area contributed by atoms with E-state index in [0.717, 1.165) is 11.3 Å². The topological polar surface area (TPSA) is 174 Å². The molecular formula is C12H10N8O4S. The first-order valence-electron chi connectivity index (χ1n) is 6.64. The van der Waals surface area contributed by atoms with Gasteiger partial charge in [0.05, 0.1) is 11.9 Å². The van der Waals surface area contributed by atoms with Crippen LogP contribution in [0.5, 0.6) is 0 Å². The van der Waals surface area contributed by atoms with Gasteiger partial charge in [0.25, 0.3) is 5.91 Å². The Labute approximate surface area is 142 Å². The Hall–Kier alpha value is -3.61. The van der Waals surface area contributed by atoms with Gasteiger partial charge in [0.2, 0.25) is 11.6 Å². The van der Waals surface area contributed by atoms with E-state index in [4.69, 9.17) is 10.8 Å². The number of nitrogen functional groups attached to an aromatic ring is 1. The van der Waals surface area contributed by atoms with E-state index in [1.54, 1.807) is 13.0 Å². The molecule has 3 aromatic rings. The second-order valence-electron chi connectivity index (χ2n) is 4.61. The number of thiophene rings is 1. The minimum Gasteiger partial charge on any atom is -0.477 e. The van der Waals surface area contributed by atoms with E-state index >= 15 is 0 Å². The molecule has 0 unspecified atom stereocenters. The Morgan fingerprint density at radius 2 is 2.24 bits per heavy atom. The van der Waals surface area contributed by atoms with Crippen LogP contribution >= 0.6 is 11.3 Å². The van der Waals surface area contributed by atoms with E-state index in [0.29, 0.717) is 10.6 Å². The molecule has 0 fully saturated rings. The molecule has 0 aromatic carbocycles. The average molecular weight is 362 g/mol. The summed E-state index contributed by atoms with van der Waals surface area (Å²) in [5, 5.41) is 27.1. The summed E-state index contributed by atoms with van der Waals surface area (Å²) in [5.41, 5.74) is 8.23. The minimum absolute atomic E-state index is 0.00455. The number of nitrogens with two attached hydrogens (primary N) is 1. The van der Waals surface area contributed by atoms with Crippen LogP contribution in [0.1, 0.15) is 30.7 Å². The maximum Gasteiger partial charge on any atom is 0.345 e. The molecule has 3 rings (SSSR count). The fourth-order valence-corrected chi connectivity index (χ4v) is 2.54. The number of aromatic carboxylic acids is 1. The molecule has 4 N–H and O–H groups in total. The highest BCUT2D eigenvalue weighted by Crippen LogP contribution is 2.15. The highest BCUT2D eigenvalue weighted by Gasteiger charge is 2.20. The second kappa shape index (κ2) is 6.48. The van der Waals surface area contributed by atoms with Crippen LogP contribution in [0.15, 0.2) is 21.9 Å². The molecule has 0 aliphatic heterocycles. The summed E-state index contributed by atoms with van der Waals surface area (Å²) in [6, 6.07) is 3.02. The molecule has 128 valence electrons. The smallest absolute Gasteiger partial charge is 0.345 e.